The molecule has 3 aromatic rings. The van der Waals surface area contributed by atoms with Gasteiger partial charge < -0.3 is 10.1 Å². The van der Waals surface area contributed by atoms with Crippen molar-refractivity contribution in [3.8, 4) is 17.0 Å². The van der Waals surface area contributed by atoms with Gasteiger partial charge in [0.2, 0.25) is 5.91 Å². The van der Waals surface area contributed by atoms with E-state index in [2.05, 4.69) is 48.4 Å². The molecule has 0 saturated carbocycles. The predicted molar refractivity (Wildman–Crippen MR) is 107 cm³/mol. The Balaban J connectivity index is 1.62. The Kier molecular flexibility index (Phi) is 5.68. The topological polar surface area (TPSA) is 51.2 Å². The van der Waals surface area contributed by atoms with E-state index in [0.29, 0.717) is 17.5 Å². The molecule has 0 fully saturated rings. The summed E-state index contributed by atoms with van der Waals surface area (Å²) < 4.78 is 5.13. The van der Waals surface area contributed by atoms with Crippen LogP contribution in [0.1, 0.15) is 30.9 Å². The molecule has 0 unspecified atom stereocenters. The highest BCUT2D eigenvalue weighted by Crippen LogP contribution is 2.26. The SMILES string of the molecule is COc1ccc(CC(=O)Nc2nc(-c3ccc(C(C)C)cc3)cs2)cc1. The third-order valence-corrected chi connectivity index (χ3v) is 4.91. The number of rotatable bonds is 6. The minimum atomic E-state index is -0.0776. The van der Waals surface area contributed by atoms with Gasteiger partial charge in [-0.25, -0.2) is 4.98 Å². The Morgan fingerprint density at radius 2 is 1.81 bits per heavy atom. The van der Waals surface area contributed by atoms with E-state index in [0.717, 1.165) is 22.6 Å². The zero-order chi connectivity index (χ0) is 18.5. The van der Waals surface area contributed by atoms with E-state index in [-0.39, 0.29) is 5.91 Å². The number of ether oxygens (including phenoxy) is 1. The fraction of sp³-hybridized carbons (Fsp3) is 0.238. The number of methoxy groups -OCH3 is 1. The van der Waals surface area contributed by atoms with E-state index in [1.54, 1.807) is 7.11 Å². The minimum Gasteiger partial charge on any atom is -0.497 e. The smallest absolute Gasteiger partial charge is 0.230 e. The number of hydrogen-bond donors (Lipinski definition) is 1. The molecule has 1 amide bonds. The van der Waals surface area contributed by atoms with Gasteiger partial charge in [-0.15, -0.1) is 11.3 Å². The lowest BCUT2D eigenvalue weighted by Crippen LogP contribution is -2.14. The van der Waals surface area contributed by atoms with Gasteiger partial charge in [-0.1, -0.05) is 50.2 Å². The number of nitrogens with one attached hydrogen (secondary N) is 1. The first-order valence-corrected chi connectivity index (χ1v) is 9.42. The van der Waals surface area contributed by atoms with Gasteiger partial charge in [0.1, 0.15) is 5.75 Å². The molecule has 0 bridgehead atoms. The Labute approximate surface area is 157 Å². The van der Waals surface area contributed by atoms with Gasteiger partial charge in [0, 0.05) is 10.9 Å². The molecule has 0 atom stereocenters. The Hall–Kier alpha value is -2.66. The van der Waals surface area contributed by atoms with Crippen molar-refractivity contribution in [2.45, 2.75) is 26.2 Å². The van der Waals surface area contributed by atoms with Gasteiger partial charge in [0.25, 0.3) is 0 Å². The van der Waals surface area contributed by atoms with E-state index in [1.165, 1.54) is 16.9 Å². The minimum absolute atomic E-state index is 0.0776. The van der Waals surface area contributed by atoms with Crippen LogP contribution in [0.25, 0.3) is 11.3 Å². The number of anilines is 1. The number of thiazole rings is 1. The van der Waals surface area contributed by atoms with E-state index in [9.17, 15) is 4.79 Å². The summed E-state index contributed by atoms with van der Waals surface area (Å²) in [6, 6.07) is 15.9. The van der Waals surface area contributed by atoms with E-state index in [1.807, 2.05) is 29.6 Å². The number of carbonyl (C=O) groups excluding carboxylic acids is 1. The predicted octanol–water partition coefficient (Wildman–Crippen LogP) is 5.12. The molecule has 0 aliphatic heterocycles. The molecule has 134 valence electrons. The second kappa shape index (κ2) is 8.15. The van der Waals surface area contributed by atoms with Crippen LogP contribution in [-0.4, -0.2) is 18.0 Å². The highest BCUT2D eigenvalue weighted by molar-refractivity contribution is 7.14. The van der Waals surface area contributed by atoms with Crippen LogP contribution in [-0.2, 0) is 11.2 Å². The third kappa shape index (κ3) is 4.49. The number of carbonyl (C=O) groups is 1. The zero-order valence-electron chi connectivity index (χ0n) is 15.2. The molecule has 1 N–H and O–H groups in total. The Morgan fingerprint density at radius 3 is 2.42 bits per heavy atom. The molecular weight excluding hydrogens is 344 g/mol. The molecule has 0 spiro atoms. The molecule has 0 saturated heterocycles. The summed E-state index contributed by atoms with van der Waals surface area (Å²) in [4.78, 5) is 16.8. The van der Waals surface area contributed by atoms with Crippen LogP contribution in [0.4, 0.5) is 5.13 Å². The van der Waals surface area contributed by atoms with Crippen molar-refractivity contribution in [3.63, 3.8) is 0 Å². The highest BCUT2D eigenvalue weighted by atomic mass is 32.1. The summed E-state index contributed by atoms with van der Waals surface area (Å²) in [6.45, 7) is 4.35. The lowest BCUT2D eigenvalue weighted by molar-refractivity contribution is -0.115. The van der Waals surface area contributed by atoms with Crippen LogP contribution >= 0.6 is 11.3 Å². The summed E-state index contributed by atoms with van der Waals surface area (Å²) in [5.41, 5.74) is 4.17. The van der Waals surface area contributed by atoms with Crippen LogP contribution < -0.4 is 10.1 Å². The molecule has 0 radical (unpaired) electrons. The fourth-order valence-corrected chi connectivity index (χ4v) is 3.33. The molecule has 0 aliphatic rings. The van der Waals surface area contributed by atoms with Crippen molar-refractivity contribution in [3.05, 3.63) is 65.0 Å². The van der Waals surface area contributed by atoms with Gasteiger partial charge in [0.05, 0.1) is 19.2 Å². The molecule has 3 rings (SSSR count). The number of amides is 1. The van der Waals surface area contributed by atoms with Gasteiger partial charge in [-0.05, 0) is 29.2 Å². The van der Waals surface area contributed by atoms with Gasteiger partial charge in [-0.3, -0.25) is 4.79 Å². The van der Waals surface area contributed by atoms with E-state index in [4.69, 9.17) is 4.74 Å². The maximum Gasteiger partial charge on any atom is 0.230 e. The number of nitrogens with zero attached hydrogens (tertiary/aromatic N) is 1. The second-order valence-electron chi connectivity index (χ2n) is 6.39. The number of hydrogen-bond acceptors (Lipinski definition) is 4. The summed E-state index contributed by atoms with van der Waals surface area (Å²) in [6.07, 6.45) is 0.308. The van der Waals surface area contributed by atoms with Crippen LogP contribution in [0.3, 0.4) is 0 Å². The van der Waals surface area contributed by atoms with Crippen molar-refractivity contribution < 1.29 is 9.53 Å². The Morgan fingerprint density at radius 1 is 1.12 bits per heavy atom. The second-order valence-corrected chi connectivity index (χ2v) is 7.25. The van der Waals surface area contributed by atoms with Gasteiger partial charge in [0.15, 0.2) is 5.13 Å². The zero-order valence-corrected chi connectivity index (χ0v) is 16.0. The Bertz CT molecular complexity index is 868. The molecule has 0 aliphatic carbocycles. The van der Waals surface area contributed by atoms with E-state index < -0.39 is 0 Å². The molecular formula is C21H22N2O2S. The fourth-order valence-electron chi connectivity index (χ4n) is 2.59. The van der Waals surface area contributed by atoms with Crippen LogP contribution in [0.15, 0.2) is 53.9 Å². The van der Waals surface area contributed by atoms with Crippen molar-refractivity contribution in [2.75, 3.05) is 12.4 Å². The average molecular weight is 366 g/mol. The first-order valence-electron chi connectivity index (χ1n) is 8.54. The van der Waals surface area contributed by atoms with Crippen molar-refractivity contribution in [2.24, 2.45) is 0 Å². The highest BCUT2D eigenvalue weighted by Gasteiger charge is 2.09. The molecule has 4 nitrogen and oxygen atoms in total. The summed E-state index contributed by atoms with van der Waals surface area (Å²) in [5.74, 6) is 1.21. The van der Waals surface area contributed by atoms with Crippen molar-refractivity contribution in [1.82, 2.24) is 4.98 Å². The maximum atomic E-state index is 12.2. The first kappa shape index (κ1) is 18.1. The summed E-state index contributed by atoms with van der Waals surface area (Å²) in [5, 5.41) is 5.46. The van der Waals surface area contributed by atoms with Crippen molar-refractivity contribution in [1.29, 1.82) is 0 Å². The normalized spacial score (nSPS) is 10.8. The third-order valence-electron chi connectivity index (χ3n) is 4.15. The lowest BCUT2D eigenvalue weighted by Gasteiger charge is -2.05. The molecule has 2 aromatic carbocycles. The quantitative estimate of drug-likeness (QED) is 0.658. The van der Waals surface area contributed by atoms with Crippen LogP contribution in [0.2, 0.25) is 0 Å². The van der Waals surface area contributed by atoms with Gasteiger partial charge >= 0.3 is 0 Å². The average Bonchev–Trinajstić information content (AvgIpc) is 3.10. The standard InChI is InChI=1S/C21H22N2O2S/c1-14(2)16-6-8-17(9-7-16)19-13-26-21(22-19)23-20(24)12-15-4-10-18(25-3)11-5-15/h4-11,13-14H,12H2,1-3H3,(H,22,23,24). The molecule has 1 heterocycles. The lowest BCUT2D eigenvalue weighted by atomic mass is 10.0. The molecule has 26 heavy (non-hydrogen) atoms. The number of benzene rings is 2. The van der Waals surface area contributed by atoms with E-state index >= 15 is 0 Å². The first-order chi connectivity index (χ1) is 12.5. The summed E-state index contributed by atoms with van der Waals surface area (Å²) in [7, 11) is 1.62. The largest absolute Gasteiger partial charge is 0.497 e. The summed E-state index contributed by atoms with van der Waals surface area (Å²) >= 11 is 1.44. The van der Waals surface area contributed by atoms with Gasteiger partial charge in [-0.2, -0.15) is 0 Å². The van der Waals surface area contributed by atoms with Crippen LogP contribution in [0, 0.1) is 0 Å². The van der Waals surface area contributed by atoms with Crippen LogP contribution in [0.5, 0.6) is 5.75 Å². The monoisotopic (exact) mass is 366 g/mol. The molecule has 5 heteroatoms. The maximum absolute atomic E-state index is 12.2. The number of aromatic nitrogens is 1. The van der Waals surface area contributed by atoms with Crippen molar-refractivity contribution >= 4 is 22.4 Å². The molecule has 1 aromatic heterocycles.